The summed E-state index contributed by atoms with van der Waals surface area (Å²) < 4.78 is 0. The van der Waals surface area contributed by atoms with Crippen LogP contribution in [-0.4, -0.2) is 33.7 Å². The Hall–Kier alpha value is -3.80. The van der Waals surface area contributed by atoms with E-state index in [1.54, 1.807) is 24.3 Å². The fourth-order valence-electron chi connectivity index (χ4n) is 6.66. The summed E-state index contributed by atoms with van der Waals surface area (Å²) in [5.41, 5.74) is 0.613. The van der Waals surface area contributed by atoms with Crippen molar-refractivity contribution in [2.45, 2.75) is 73.6 Å². The van der Waals surface area contributed by atoms with Crippen molar-refractivity contribution in [2.24, 2.45) is 16.2 Å². The Morgan fingerprint density at radius 3 is 1.40 bits per heavy atom. The number of hydrogen-bond donors (Lipinski definition) is 2. The van der Waals surface area contributed by atoms with Crippen LogP contribution < -0.4 is 0 Å². The quantitative estimate of drug-likeness (QED) is 0.397. The molecule has 0 fully saturated rings. The van der Waals surface area contributed by atoms with Crippen molar-refractivity contribution in [1.82, 2.24) is 0 Å². The molecule has 6 heteroatoms. The highest BCUT2D eigenvalue weighted by molar-refractivity contribution is 6.26. The van der Waals surface area contributed by atoms with Gasteiger partial charge in [0, 0.05) is 24.0 Å². The molecule has 210 valence electrons. The van der Waals surface area contributed by atoms with Crippen molar-refractivity contribution in [1.29, 1.82) is 0 Å². The number of carboxylic acids is 2. The molecule has 2 aromatic rings. The second kappa shape index (κ2) is 10.3. The highest BCUT2D eigenvalue weighted by Gasteiger charge is 2.55. The summed E-state index contributed by atoms with van der Waals surface area (Å²) in [6, 6.07) is 14.6. The first-order chi connectivity index (χ1) is 18.6. The highest BCUT2D eigenvalue weighted by atomic mass is 16.4. The van der Waals surface area contributed by atoms with Crippen LogP contribution in [0.3, 0.4) is 0 Å². The van der Waals surface area contributed by atoms with Crippen molar-refractivity contribution >= 4 is 34.7 Å². The second-order valence-electron chi connectivity index (χ2n) is 13.0. The molecule has 2 aliphatic rings. The van der Waals surface area contributed by atoms with Gasteiger partial charge in [-0.05, 0) is 70.9 Å². The summed E-state index contributed by atoms with van der Waals surface area (Å²) in [6.07, 6.45) is 0.0565. The molecule has 6 nitrogen and oxygen atoms in total. The van der Waals surface area contributed by atoms with Crippen LogP contribution in [0.2, 0.25) is 0 Å². The number of carbonyl (C=O) groups excluding carboxylic acids is 2. The third kappa shape index (κ3) is 5.19. The molecule has 0 bridgehead atoms. The van der Waals surface area contributed by atoms with Gasteiger partial charge in [-0.1, -0.05) is 76.2 Å². The monoisotopic (exact) mass is 542 g/mol. The van der Waals surface area contributed by atoms with Crippen molar-refractivity contribution in [3.05, 3.63) is 81.9 Å². The third-order valence-corrected chi connectivity index (χ3v) is 8.39. The lowest BCUT2D eigenvalue weighted by molar-refractivity contribution is -0.151. The van der Waals surface area contributed by atoms with E-state index in [2.05, 4.69) is 0 Å². The van der Waals surface area contributed by atoms with Gasteiger partial charge in [0.2, 0.25) is 0 Å². The highest BCUT2D eigenvalue weighted by Crippen LogP contribution is 2.57. The molecule has 0 aromatic heterocycles. The van der Waals surface area contributed by atoms with Gasteiger partial charge in [-0.2, -0.15) is 0 Å². The summed E-state index contributed by atoms with van der Waals surface area (Å²) >= 11 is 0. The van der Waals surface area contributed by atoms with Gasteiger partial charge < -0.3 is 10.2 Å². The van der Waals surface area contributed by atoms with Crippen LogP contribution in [-0.2, 0) is 19.2 Å². The summed E-state index contributed by atoms with van der Waals surface area (Å²) in [7, 11) is 0. The fourth-order valence-corrected chi connectivity index (χ4v) is 6.66. The zero-order valence-electron chi connectivity index (χ0n) is 24.2. The lowest BCUT2D eigenvalue weighted by Crippen LogP contribution is -2.45. The van der Waals surface area contributed by atoms with Crippen LogP contribution in [0.15, 0.2) is 59.7 Å². The van der Waals surface area contributed by atoms with E-state index in [4.69, 9.17) is 0 Å². The molecule has 0 amide bonds. The molecule has 2 N–H and O–H groups in total. The lowest BCUT2D eigenvalue weighted by atomic mass is 9.55. The standard InChI is InChI=1S/C34H38O6/c1-20-11-7-9-13-22(20)29-24(15-32(3,4)17-26(29)35)34(31(39)40,19-28(37)38)25-16-33(5,6)18-27(36)30(25)23-14-10-8-12-21(23)2/h7-14H,15-19H2,1-6H3,(H,37,38)(H,39,40). The first-order valence-electron chi connectivity index (χ1n) is 13.7. The maximum atomic E-state index is 13.9. The molecule has 4 rings (SSSR count). The molecule has 0 unspecified atom stereocenters. The van der Waals surface area contributed by atoms with E-state index in [-0.39, 0.29) is 59.5 Å². The number of aryl methyl sites for hydroxylation is 2. The molecule has 0 heterocycles. The Labute approximate surface area is 235 Å². The lowest BCUT2D eigenvalue weighted by Gasteiger charge is -2.45. The zero-order valence-corrected chi connectivity index (χ0v) is 24.2. The second-order valence-corrected chi connectivity index (χ2v) is 13.0. The number of rotatable bonds is 7. The van der Waals surface area contributed by atoms with Crippen LogP contribution in [0.25, 0.3) is 11.1 Å². The van der Waals surface area contributed by atoms with Gasteiger partial charge in [-0.15, -0.1) is 0 Å². The number of carbonyl (C=O) groups is 4. The number of allylic oxidation sites excluding steroid dienone is 2. The summed E-state index contributed by atoms with van der Waals surface area (Å²) in [5.74, 6) is -3.08. The third-order valence-electron chi connectivity index (χ3n) is 8.39. The Bertz CT molecular complexity index is 1390. The molecule has 0 aliphatic heterocycles. The van der Waals surface area contributed by atoms with Gasteiger partial charge in [0.05, 0.1) is 6.42 Å². The predicted octanol–water partition coefficient (Wildman–Crippen LogP) is 6.83. The van der Waals surface area contributed by atoms with Crippen LogP contribution >= 0.6 is 0 Å². The van der Waals surface area contributed by atoms with Crippen molar-refractivity contribution < 1.29 is 29.4 Å². The van der Waals surface area contributed by atoms with Gasteiger partial charge >= 0.3 is 11.9 Å². The first kappa shape index (κ1) is 29.2. The van der Waals surface area contributed by atoms with E-state index in [1.807, 2.05) is 65.8 Å². The van der Waals surface area contributed by atoms with Crippen molar-refractivity contribution in [3.8, 4) is 0 Å². The Balaban J connectivity index is 2.25. The molecule has 0 radical (unpaired) electrons. The average Bonchev–Trinajstić information content (AvgIpc) is 2.82. The van der Waals surface area contributed by atoms with Crippen LogP contribution in [0.1, 0.15) is 82.1 Å². The van der Waals surface area contributed by atoms with Crippen molar-refractivity contribution in [2.75, 3.05) is 0 Å². The summed E-state index contributed by atoms with van der Waals surface area (Å²) in [4.78, 5) is 54.2. The molecule has 0 spiro atoms. The number of ketones is 2. The van der Waals surface area contributed by atoms with E-state index < -0.39 is 34.6 Å². The number of Topliss-reactive ketones (excluding diaryl/α,β-unsaturated/α-hetero) is 2. The molecule has 0 saturated heterocycles. The molecule has 0 atom stereocenters. The summed E-state index contributed by atoms with van der Waals surface area (Å²) in [6.45, 7) is 11.3. The van der Waals surface area contributed by atoms with Crippen LogP contribution in [0.4, 0.5) is 0 Å². The van der Waals surface area contributed by atoms with E-state index in [0.29, 0.717) is 11.1 Å². The molecular weight excluding hydrogens is 504 g/mol. The van der Waals surface area contributed by atoms with Gasteiger partial charge in [0.15, 0.2) is 11.6 Å². The molecule has 0 saturated carbocycles. The maximum absolute atomic E-state index is 13.9. The number of benzene rings is 2. The minimum Gasteiger partial charge on any atom is -0.481 e. The fraction of sp³-hybridized carbons (Fsp3) is 0.412. The van der Waals surface area contributed by atoms with Crippen molar-refractivity contribution in [3.63, 3.8) is 0 Å². The molecule has 40 heavy (non-hydrogen) atoms. The first-order valence-corrected chi connectivity index (χ1v) is 13.7. The molecule has 2 aliphatic carbocycles. The van der Waals surface area contributed by atoms with Crippen LogP contribution in [0.5, 0.6) is 0 Å². The normalized spacial score (nSPS) is 19.1. The minimum atomic E-state index is -2.10. The van der Waals surface area contributed by atoms with Gasteiger partial charge in [-0.3, -0.25) is 19.2 Å². The minimum absolute atomic E-state index is 0.205. The summed E-state index contributed by atoms with van der Waals surface area (Å²) in [5, 5.41) is 21.5. The van der Waals surface area contributed by atoms with E-state index in [9.17, 15) is 29.4 Å². The van der Waals surface area contributed by atoms with E-state index in [1.165, 1.54) is 0 Å². The number of aliphatic carboxylic acids is 2. The average molecular weight is 543 g/mol. The largest absolute Gasteiger partial charge is 0.481 e. The molecular formula is C34H38O6. The number of carboxylic acid groups (broad SMARTS) is 2. The molecule has 2 aromatic carbocycles. The van der Waals surface area contributed by atoms with Crippen LogP contribution in [0, 0.1) is 30.1 Å². The zero-order chi connectivity index (χ0) is 29.6. The Morgan fingerprint density at radius 1 is 0.700 bits per heavy atom. The topological polar surface area (TPSA) is 109 Å². The van der Waals surface area contributed by atoms with E-state index >= 15 is 0 Å². The maximum Gasteiger partial charge on any atom is 0.318 e. The van der Waals surface area contributed by atoms with Gasteiger partial charge in [-0.25, -0.2) is 0 Å². The predicted molar refractivity (Wildman–Crippen MR) is 155 cm³/mol. The smallest absolute Gasteiger partial charge is 0.318 e. The van der Waals surface area contributed by atoms with Gasteiger partial charge in [0.1, 0.15) is 5.41 Å². The SMILES string of the molecule is Cc1ccccc1C1=C(C(CC(=O)O)(C(=O)O)C2=C(c3ccccc3C)C(=O)CC(C)(C)C2)CC(C)(C)CC1=O. The Kier molecular flexibility index (Phi) is 7.52. The van der Waals surface area contributed by atoms with Gasteiger partial charge in [0.25, 0.3) is 0 Å². The number of hydrogen-bond acceptors (Lipinski definition) is 4. The van der Waals surface area contributed by atoms with E-state index in [0.717, 1.165) is 11.1 Å². The Morgan fingerprint density at radius 2 is 1.07 bits per heavy atom.